The van der Waals surface area contributed by atoms with E-state index in [0.29, 0.717) is 11.1 Å². The molecular formula is C21H14N2O. The van der Waals surface area contributed by atoms with Crippen molar-refractivity contribution in [3.8, 4) is 6.07 Å². The zero-order chi connectivity index (χ0) is 16.5. The van der Waals surface area contributed by atoms with Gasteiger partial charge in [-0.3, -0.25) is 4.79 Å². The van der Waals surface area contributed by atoms with Crippen LogP contribution in [-0.4, -0.2) is 5.78 Å². The van der Waals surface area contributed by atoms with Crippen molar-refractivity contribution < 1.29 is 4.79 Å². The maximum atomic E-state index is 13.2. The molecule has 0 spiro atoms. The Hall–Kier alpha value is -3.38. The topological polar surface area (TPSA) is 52.9 Å². The van der Waals surface area contributed by atoms with E-state index >= 15 is 0 Å². The predicted molar refractivity (Wildman–Crippen MR) is 92.7 cm³/mol. The number of rotatable bonds is 2. The molecule has 1 unspecified atom stereocenters. The van der Waals surface area contributed by atoms with E-state index < -0.39 is 5.92 Å². The summed E-state index contributed by atoms with van der Waals surface area (Å²) in [5.74, 6) is -0.637. The van der Waals surface area contributed by atoms with E-state index in [1.165, 1.54) is 0 Å². The number of hydrogen-bond acceptors (Lipinski definition) is 3. The fourth-order valence-electron chi connectivity index (χ4n) is 3.26. The summed E-state index contributed by atoms with van der Waals surface area (Å²) in [7, 11) is 0. The fraction of sp³-hybridized carbons (Fsp3) is 0.0476. The van der Waals surface area contributed by atoms with Crippen molar-refractivity contribution in [3.63, 3.8) is 0 Å². The Morgan fingerprint density at radius 1 is 1.00 bits per heavy atom. The van der Waals surface area contributed by atoms with Crippen LogP contribution in [0.2, 0.25) is 0 Å². The molecule has 0 aromatic heterocycles. The minimum absolute atomic E-state index is 0.0532. The van der Waals surface area contributed by atoms with Crippen LogP contribution in [0, 0.1) is 17.2 Å². The van der Waals surface area contributed by atoms with Gasteiger partial charge < -0.3 is 5.32 Å². The van der Waals surface area contributed by atoms with Gasteiger partial charge in [-0.2, -0.15) is 5.26 Å². The molecule has 2 aromatic rings. The third kappa shape index (κ3) is 2.17. The average Bonchev–Trinajstić information content (AvgIpc) is 2.67. The molecule has 24 heavy (non-hydrogen) atoms. The van der Waals surface area contributed by atoms with Gasteiger partial charge in [-0.15, -0.1) is 0 Å². The maximum Gasteiger partial charge on any atom is 0.175 e. The first-order chi connectivity index (χ1) is 11.8. The van der Waals surface area contributed by atoms with Crippen LogP contribution in [0.1, 0.15) is 10.4 Å². The molecule has 2 aliphatic rings. The zero-order valence-electron chi connectivity index (χ0n) is 12.9. The Morgan fingerprint density at radius 2 is 1.75 bits per heavy atom. The zero-order valence-corrected chi connectivity index (χ0v) is 12.9. The minimum atomic E-state index is -0.584. The Kier molecular flexibility index (Phi) is 3.36. The summed E-state index contributed by atoms with van der Waals surface area (Å²) in [5, 5.41) is 14.8. The Balaban J connectivity index is 1.99. The number of carbonyl (C=O) groups excluding carboxylic acids is 1. The number of allylic oxidation sites excluding steroid dienone is 4. The first-order valence-electron chi connectivity index (χ1n) is 7.77. The van der Waals surface area contributed by atoms with Gasteiger partial charge >= 0.3 is 0 Å². The molecule has 4 rings (SSSR count). The van der Waals surface area contributed by atoms with Crippen LogP contribution < -0.4 is 15.8 Å². The molecule has 114 valence electrons. The highest BCUT2D eigenvalue weighted by Crippen LogP contribution is 2.33. The van der Waals surface area contributed by atoms with Crippen LogP contribution in [-0.2, 0) is 0 Å². The molecule has 3 heteroatoms. The molecule has 1 heterocycles. The molecule has 0 amide bonds. The number of nitrogens with zero attached hydrogens (tertiary/aromatic N) is 1. The monoisotopic (exact) mass is 310 g/mol. The van der Waals surface area contributed by atoms with Crippen LogP contribution in [0.4, 0.5) is 0 Å². The lowest BCUT2D eigenvalue weighted by Gasteiger charge is -2.26. The minimum Gasteiger partial charge on any atom is -0.361 e. The van der Waals surface area contributed by atoms with Gasteiger partial charge in [-0.05, 0) is 28.2 Å². The molecule has 0 fully saturated rings. The van der Waals surface area contributed by atoms with Gasteiger partial charge in [-0.1, -0.05) is 54.6 Å². The van der Waals surface area contributed by atoms with E-state index in [4.69, 9.17) is 0 Å². The normalized spacial score (nSPS) is 18.0. The Labute approximate surface area is 139 Å². The van der Waals surface area contributed by atoms with Gasteiger partial charge in [0.2, 0.25) is 0 Å². The van der Waals surface area contributed by atoms with E-state index in [9.17, 15) is 10.1 Å². The first-order valence-corrected chi connectivity index (χ1v) is 7.77. The Morgan fingerprint density at radius 3 is 2.54 bits per heavy atom. The van der Waals surface area contributed by atoms with Crippen LogP contribution in [0.3, 0.4) is 0 Å². The van der Waals surface area contributed by atoms with Crippen molar-refractivity contribution in [3.05, 3.63) is 94.0 Å². The number of Topliss-reactive ketones (excluding diaryl/α,β-unsaturated/α-hetero) is 1. The van der Waals surface area contributed by atoms with Gasteiger partial charge in [0.05, 0.1) is 12.0 Å². The fourth-order valence-corrected chi connectivity index (χ4v) is 3.26. The summed E-state index contributed by atoms with van der Waals surface area (Å²) in [5.41, 5.74) is 2.84. The van der Waals surface area contributed by atoms with E-state index in [1.54, 1.807) is 18.2 Å². The average molecular weight is 310 g/mol. The van der Waals surface area contributed by atoms with E-state index in [0.717, 1.165) is 21.7 Å². The summed E-state index contributed by atoms with van der Waals surface area (Å²) >= 11 is 0. The highest BCUT2D eigenvalue weighted by atomic mass is 16.1. The largest absolute Gasteiger partial charge is 0.361 e. The SMILES string of the molecule is N#CC1=CC=C2NC=c3ccccc3=C2C1C(=O)c1ccccc1. The number of nitriles is 1. The Bertz CT molecular complexity index is 1050. The number of ketones is 1. The molecule has 1 aliphatic carbocycles. The van der Waals surface area contributed by atoms with Gasteiger partial charge in [0.15, 0.2) is 5.78 Å². The molecular weight excluding hydrogens is 296 g/mol. The molecule has 0 saturated heterocycles. The lowest BCUT2D eigenvalue weighted by Crippen LogP contribution is -2.40. The molecule has 0 radical (unpaired) electrons. The lowest BCUT2D eigenvalue weighted by molar-refractivity contribution is 0.0965. The summed E-state index contributed by atoms with van der Waals surface area (Å²) in [6, 6.07) is 19.3. The van der Waals surface area contributed by atoms with E-state index in [1.807, 2.05) is 54.7 Å². The van der Waals surface area contributed by atoms with Gasteiger partial charge in [0.1, 0.15) is 0 Å². The van der Waals surface area contributed by atoms with E-state index in [-0.39, 0.29) is 5.78 Å². The van der Waals surface area contributed by atoms with Gasteiger partial charge in [0, 0.05) is 23.0 Å². The molecule has 3 nitrogen and oxygen atoms in total. The van der Waals surface area contributed by atoms with E-state index in [2.05, 4.69) is 11.4 Å². The van der Waals surface area contributed by atoms with Crippen molar-refractivity contribution in [1.29, 1.82) is 5.26 Å². The van der Waals surface area contributed by atoms with Crippen LogP contribution in [0.5, 0.6) is 0 Å². The maximum absolute atomic E-state index is 13.2. The van der Waals surface area contributed by atoms with Gasteiger partial charge in [-0.25, -0.2) is 0 Å². The number of fused-ring (bicyclic) bond motifs is 2. The standard InChI is InChI=1S/C21H14N2O/c22-12-15-10-11-18-20(17-9-5-4-8-16(17)13-23-18)19(15)21(24)14-6-2-1-3-7-14/h1-11,13,19,23H. The number of nitrogens with one attached hydrogen (secondary N) is 1. The molecule has 1 N–H and O–H groups in total. The number of benzene rings is 2. The van der Waals surface area contributed by atoms with Crippen LogP contribution in [0.25, 0.3) is 11.8 Å². The lowest BCUT2D eigenvalue weighted by atomic mass is 9.78. The second-order valence-corrected chi connectivity index (χ2v) is 5.77. The first kappa shape index (κ1) is 14.2. The smallest absolute Gasteiger partial charge is 0.175 e. The van der Waals surface area contributed by atoms with Crippen molar-refractivity contribution in [2.24, 2.45) is 5.92 Å². The van der Waals surface area contributed by atoms with Crippen LogP contribution in [0.15, 0.2) is 78.0 Å². The highest BCUT2D eigenvalue weighted by Gasteiger charge is 2.33. The summed E-state index contributed by atoms with van der Waals surface area (Å²) in [4.78, 5) is 13.2. The van der Waals surface area contributed by atoms with Crippen molar-refractivity contribution in [1.82, 2.24) is 5.32 Å². The number of hydrogen-bond donors (Lipinski definition) is 1. The van der Waals surface area contributed by atoms with Crippen LogP contribution >= 0.6 is 0 Å². The molecule has 1 aliphatic heterocycles. The van der Waals surface area contributed by atoms with Gasteiger partial charge in [0.25, 0.3) is 0 Å². The summed E-state index contributed by atoms with van der Waals surface area (Å²) in [6.07, 6.45) is 5.54. The molecule has 1 atom stereocenters. The second-order valence-electron chi connectivity index (χ2n) is 5.77. The van der Waals surface area contributed by atoms with Crippen molar-refractivity contribution in [2.75, 3.05) is 0 Å². The quantitative estimate of drug-likeness (QED) is 0.864. The third-order valence-electron chi connectivity index (χ3n) is 4.40. The third-order valence-corrected chi connectivity index (χ3v) is 4.40. The molecule has 0 bridgehead atoms. The highest BCUT2D eigenvalue weighted by molar-refractivity contribution is 6.08. The van der Waals surface area contributed by atoms with Crippen molar-refractivity contribution >= 4 is 17.6 Å². The number of carbonyl (C=O) groups is 1. The molecule has 2 aromatic carbocycles. The predicted octanol–water partition coefficient (Wildman–Crippen LogP) is 2.03. The molecule has 0 saturated carbocycles. The summed E-state index contributed by atoms with van der Waals surface area (Å²) in [6.45, 7) is 0. The van der Waals surface area contributed by atoms with Crippen molar-refractivity contribution in [2.45, 2.75) is 0 Å². The summed E-state index contributed by atoms with van der Waals surface area (Å²) < 4.78 is 0. The second kappa shape index (κ2) is 5.68.